The Morgan fingerprint density at radius 1 is 1.00 bits per heavy atom. The molecule has 2 heterocycles. The number of halogens is 3. The van der Waals surface area contributed by atoms with Gasteiger partial charge < -0.3 is 15.1 Å². The van der Waals surface area contributed by atoms with Gasteiger partial charge >= 0.3 is 6.18 Å². The zero-order chi connectivity index (χ0) is 20.4. The highest BCUT2D eigenvalue weighted by Crippen LogP contribution is 2.39. The molecule has 0 spiro atoms. The molecule has 0 atom stereocenters. The Morgan fingerprint density at radius 3 is 2.41 bits per heavy atom. The van der Waals surface area contributed by atoms with Crippen molar-refractivity contribution in [1.82, 2.24) is 9.88 Å². The number of aromatic nitrogens is 1. The smallest absolute Gasteiger partial charge is 0.368 e. The lowest BCUT2D eigenvalue weighted by Crippen LogP contribution is -2.45. The highest BCUT2D eigenvalue weighted by molar-refractivity contribution is 7.18. The number of thiazole rings is 1. The minimum Gasteiger partial charge on any atom is -0.368 e. The van der Waals surface area contributed by atoms with Crippen molar-refractivity contribution in [3.63, 3.8) is 0 Å². The van der Waals surface area contributed by atoms with Gasteiger partial charge in [-0.1, -0.05) is 41.7 Å². The summed E-state index contributed by atoms with van der Waals surface area (Å²) >= 11 is 1.41. The lowest BCUT2D eigenvalue weighted by Gasteiger charge is -2.35. The summed E-state index contributed by atoms with van der Waals surface area (Å²) in [7, 11) is 1.98. The molecule has 4 rings (SSSR count). The van der Waals surface area contributed by atoms with E-state index in [-0.39, 0.29) is 5.69 Å². The van der Waals surface area contributed by atoms with Crippen molar-refractivity contribution in [1.29, 1.82) is 0 Å². The van der Waals surface area contributed by atoms with Crippen LogP contribution >= 0.6 is 11.3 Å². The van der Waals surface area contributed by atoms with E-state index in [1.807, 2.05) is 42.3 Å². The first-order valence-electron chi connectivity index (χ1n) is 9.33. The van der Waals surface area contributed by atoms with Crippen molar-refractivity contribution in [2.75, 3.05) is 43.4 Å². The lowest BCUT2D eigenvalue weighted by molar-refractivity contribution is -0.137. The largest absolute Gasteiger partial charge is 0.418 e. The number of alkyl halides is 3. The molecule has 2 aromatic carbocycles. The van der Waals surface area contributed by atoms with Crippen molar-refractivity contribution in [3.8, 4) is 10.4 Å². The molecule has 1 saturated heterocycles. The Kier molecular flexibility index (Phi) is 5.47. The number of anilines is 3. The second-order valence-corrected chi connectivity index (χ2v) is 8.07. The van der Waals surface area contributed by atoms with E-state index in [0.717, 1.165) is 23.5 Å². The van der Waals surface area contributed by atoms with Crippen LogP contribution in [0.4, 0.5) is 29.7 Å². The fourth-order valence-corrected chi connectivity index (χ4v) is 4.20. The lowest BCUT2D eigenvalue weighted by atomic mass is 10.1. The quantitative estimate of drug-likeness (QED) is 0.621. The SMILES string of the molecule is CN1CCN(c2ccc(Nc3ncc(-c4ccccc4)s3)cc2C(F)(F)F)CC1. The summed E-state index contributed by atoms with van der Waals surface area (Å²) in [6.07, 6.45) is -2.69. The monoisotopic (exact) mass is 418 g/mol. The first-order valence-corrected chi connectivity index (χ1v) is 10.1. The maximum Gasteiger partial charge on any atom is 0.418 e. The zero-order valence-corrected chi connectivity index (χ0v) is 16.7. The van der Waals surface area contributed by atoms with Crippen LogP contribution in [0.3, 0.4) is 0 Å². The number of piperazine rings is 1. The summed E-state index contributed by atoms with van der Waals surface area (Å²) in [6.45, 7) is 2.66. The van der Waals surface area contributed by atoms with E-state index >= 15 is 0 Å². The van der Waals surface area contributed by atoms with Gasteiger partial charge in [0.1, 0.15) is 0 Å². The summed E-state index contributed by atoms with van der Waals surface area (Å²) in [5.41, 5.74) is 1.02. The first kappa shape index (κ1) is 19.7. The number of benzene rings is 2. The summed E-state index contributed by atoms with van der Waals surface area (Å²) in [6, 6.07) is 14.2. The summed E-state index contributed by atoms with van der Waals surface area (Å²) in [4.78, 5) is 9.19. The summed E-state index contributed by atoms with van der Waals surface area (Å²) < 4.78 is 41.2. The second-order valence-electron chi connectivity index (χ2n) is 7.04. The van der Waals surface area contributed by atoms with Gasteiger partial charge in [0.2, 0.25) is 0 Å². The average molecular weight is 418 g/mol. The van der Waals surface area contributed by atoms with Gasteiger partial charge in [0.25, 0.3) is 0 Å². The highest BCUT2D eigenvalue weighted by Gasteiger charge is 2.35. The molecule has 8 heteroatoms. The van der Waals surface area contributed by atoms with Crippen LogP contribution in [0.5, 0.6) is 0 Å². The molecule has 0 unspecified atom stereocenters. The predicted octanol–water partition coefficient (Wildman–Crippen LogP) is 5.32. The predicted molar refractivity (Wildman–Crippen MR) is 112 cm³/mol. The van der Waals surface area contributed by atoms with Gasteiger partial charge in [-0.2, -0.15) is 13.2 Å². The normalized spacial score (nSPS) is 15.5. The minimum absolute atomic E-state index is 0.236. The number of likely N-dealkylation sites (N-methyl/N-ethyl adjacent to an activating group) is 1. The summed E-state index contributed by atoms with van der Waals surface area (Å²) in [5, 5.41) is 3.58. The van der Waals surface area contributed by atoms with E-state index in [2.05, 4.69) is 15.2 Å². The third-order valence-electron chi connectivity index (χ3n) is 4.96. The van der Waals surface area contributed by atoms with Crippen LogP contribution in [0.2, 0.25) is 0 Å². The highest BCUT2D eigenvalue weighted by atomic mass is 32.1. The standard InChI is InChI=1S/C21H21F3N4S/c1-27-9-11-28(12-10-27)18-8-7-16(13-17(18)21(22,23)24)26-20-25-14-19(29-20)15-5-3-2-4-6-15/h2-8,13-14H,9-12H2,1H3,(H,25,26). The van der Waals surface area contributed by atoms with E-state index in [0.29, 0.717) is 23.9 Å². The molecule has 0 radical (unpaired) electrons. The molecule has 1 aromatic heterocycles. The molecule has 0 aliphatic carbocycles. The summed E-state index contributed by atoms with van der Waals surface area (Å²) in [5.74, 6) is 0. The Morgan fingerprint density at radius 2 is 1.72 bits per heavy atom. The Labute approximate surface area is 171 Å². The number of hydrogen-bond donors (Lipinski definition) is 1. The third-order valence-corrected chi connectivity index (χ3v) is 5.92. The van der Waals surface area contributed by atoms with Crippen LogP contribution in [-0.4, -0.2) is 43.1 Å². The Bertz CT molecular complexity index is 964. The molecule has 4 nitrogen and oxygen atoms in total. The fraction of sp³-hybridized carbons (Fsp3) is 0.286. The van der Waals surface area contributed by atoms with E-state index < -0.39 is 11.7 Å². The molecule has 3 aromatic rings. The van der Waals surface area contributed by atoms with Gasteiger partial charge in [-0.05, 0) is 30.8 Å². The van der Waals surface area contributed by atoms with Crippen molar-refractivity contribution < 1.29 is 13.2 Å². The molecule has 29 heavy (non-hydrogen) atoms. The van der Waals surface area contributed by atoms with Gasteiger partial charge in [-0.15, -0.1) is 0 Å². The maximum atomic E-state index is 13.7. The van der Waals surface area contributed by atoms with Gasteiger partial charge in [-0.25, -0.2) is 4.98 Å². The molecule has 0 amide bonds. The molecule has 152 valence electrons. The van der Waals surface area contributed by atoms with Gasteiger partial charge in [0.05, 0.1) is 10.4 Å². The van der Waals surface area contributed by atoms with Gasteiger partial charge in [0, 0.05) is 43.8 Å². The molecule has 0 saturated carbocycles. The van der Waals surface area contributed by atoms with E-state index in [1.54, 1.807) is 18.3 Å². The van der Waals surface area contributed by atoms with Crippen molar-refractivity contribution in [2.24, 2.45) is 0 Å². The second kappa shape index (κ2) is 8.04. The fourth-order valence-electron chi connectivity index (χ4n) is 3.36. The molecule has 0 bridgehead atoms. The number of rotatable bonds is 4. The van der Waals surface area contributed by atoms with E-state index in [9.17, 15) is 13.2 Å². The van der Waals surface area contributed by atoms with Crippen LogP contribution in [0.1, 0.15) is 5.56 Å². The first-order chi connectivity index (χ1) is 13.9. The number of nitrogens with zero attached hydrogens (tertiary/aromatic N) is 3. The van der Waals surface area contributed by atoms with Crippen molar-refractivity contribution in [2.45, 2.75) is 6.18 Å². The van der Waals surface area contributed by atoms with E-state index in [1.165, 1.54) is 17.4 Å². The van der Waals surface area contributed by atoms with Crippen molar-refractivity contribution in [3.05, 3.63) is 60.3 Å². The molecule has 1 N–H and O–H groups in total. The Hall–Kier alpha value is -2.58. The number of nitrogens with one attached hydrogen (secondary N) is 1. The minimum atomic E-state index is -4.42. The number of hydrogen-bond acceptors (Lipinski definition) is 5. The molecule has 1 aliphatic rings. The van der Waals surface area contributed by atoms with Crippen molar-refractivity contribution >= 4 is 27.8 Å². The maximum absolute atomic E-state index is 13.7. The van der Waals surface area contributed by atoms with Crippen LogP contribution in [0.15, 0.2) is 54.7 Å². The van der Waals surface area contributed by atoms with Crippen LogP contribution in [0.25, 0.3) is 10.4 Å². The van der Waals surface area contributed by atoms with Crippen LogP contribution in [0, 0.1) is 0 Å². The molecule has 1 aliphatic heterocycles. The topological polar surface area (TPSA) is 31.4 Å². The molecular formula is C21H21F3N4S. The Balaban J connectivity index is 1.58. The van der Waals surface area contributed by atoms with Gasteiger partial charge in [0.15, 0.2) is 5.13 Å². The third kappa shape index (κ3) is 4.54. The van der Waals surface area contributed by atoms with Crippen LogP contribution in [-0.2, 0) is 6.18 Å². The zero-order valence-electron chi connectivity index (χ0n) is 15.9. The average Bonchev–Trinajstić information content (AvgIpc) is 3.17. The van der Waals surface area contributed by atoms with E-state index in [4.69, 9.17) is 0 Å². The molecule has 1 fully saturated rings. The van der Waals surface area contributed by atoms with Gasteiger partial charge in [-0.3, -0.25) is 0 Å². The molecular weight excluding hydrogens is 397 g/mol. The van der Waals surface area contributed by atoms with Crippen LogP contribution < -0.4 is 10.2 Å².